The molecule has 3 nitrogen and oxygen atoms in total. The van der Waals surface area contributed by atoms with Gasteiger partial charge in [0.15, 0.2) is 0 Å². The smallest absolute Gasteiger partial charge is 0.133 e. The lowest BCUT2D eigenvalue weighted by Gasteiger charge is -2.16. The van der Waals surface area contributed by atoms with Gasteiger partial charge in [0.1, 0.15) is 17.2 Å². The number of anilines is 1. The Labute approximate surface area is 122 Å². The maximum absolute atomic E-state index is 4.48. The molecule has 1 N–H and O–H groups in total. The molecule has 1 rings (SSSR count). The van der Waals surface area contributed by atoms with Crippen LogP contribution in [0.25, 0.3) is 0 Å². The van der Waals surface area contributed by atoms with Crippen molar-refractivity contribution in [1.82, 2.24) is 9.97 Å². The lowest BCUT2D eigenvalue weighted by molar-refractivity contribution is 0.774. The number of aromatic nitrogens is 2. The number of hydrogen-bond donors (Lipinski definition) is 1. The largest absolute Gasteiger partial charge is 0.370 e. The number of nitrogens with zero attached hydrogens (tertiary/aromatic N) is 2. The maximum Gasteiger partial charge on any atom is 0.133 e. The first-order valence-corrected chi connectivity index (χ1v) is 8.40. The van der Waals surface area contributed by atoms with E-state index in [-0.39, 0.29) is 0 Å². The molecule has 0 aliphatic heterocycles. The van der Waals surface area contributed by atoms with Crippen LogP contribution in [0.4, 0.5) is 5.82 Å². The van der Waals surface area contributed by atoms with Gasteiger partial charge in [-0.2, -0.15) is 0 Å². The lowest BCUT2D eigenvalue weighted by atomic mass is 10.1. The number of thioether (sulfide) groups is 1. The van der Waals surface area contributed by atoms with Gasteiger partial charge in [-0.3, -0.25) is 0 Å². The van der Waals surface area contributed by atoms with Gasteiger partial charge >= 0.3 is 0 Å². The van der Waals surface area contributed by atoms with Crippen molar-refractivity contribution >= 4 is 17.6 Å². The predicted octanol–water partition coefficient (Wildman–Crippen LogP) is 4.70. The minimum Gasteiger partial charge on any atom is -0.370 e. The number of rotatable bonds is 9. The van der Waals surface area contributed by atoms with Crippen molar-refractivity contribution in [3.63, 3.8) is 0 Å². The zero-order valence-corrected chi connectivity index (χ0v) is 13.5. The van der Waals surface area contributed by atoms with Crippen LogP contribution in [-0.2, 0) is 0 Å². The van der Waals surface area contributed by atoms with Gasteiger partial charge in [0.25, 0.3) is 0 Å². The van der Waals surface area contributed by atoms with Crippen LogP contribution in [0.15, 0.2) is 11.4 Å². The van der Waals surface area contributed by atoms with Gasteiger partial charge in [-0.25, -0.2) is 9.97 Å². The van der Waals surface area contributed by atoms with Gasteiger partial charge in [0, 0.05) is 12.1 Å². The summed E-state index contributed by atoms with van der Waals surface area (Å²) in [5.41, 5.74) is 1.28. The van der Waals surface area contributed by atoms with Crippen molar-refractivity contribution in [3.8, 4) is 0 Å². The molecule has 1 aromatic rings. The number of unbranched alkanes of at least 4 members (excludes halogenated alkanes) is 2. The molecule has 0 fully saturated rings. The zero-order chi connectivity index (χ0) is 14.1. The number of nitrogens with one attached hydrogen (secondary N) is 1. The molecule has 0 aromatic carbocycles. The van der Waals surface area contributed by atoms with E-state index in [1.54, 1.807) is 6.33 Å². The fourth-order valence-corrected chi connectivity index (χ4v) is 3.07. The molecule has 0 aliphatic rings. The second-order valence-electron chi connectivity index (χ2n) is 5.08. The van der Waals surface area contributed by atoms with E-state index in [1.807, 2.05) is 11.8 Å². The molecule has 0 saturated heterocycles. The first-order valence-electron chi connectivity index (χ1n) is 7.42. The van der Waals surface area contributed by atoms with E-state index in [0.29, 0.717) is 5.92 Å². The minimum absolute atomic E-state index is 0.453. The van der Waals surface area contributed by atoms with Crippen molar-refractivity contribution in [2.75, 3.05) is 17.6 Å². The minimum atomic E-state index is 0.453. The van der Waals surface area contributed by atoms with E-state index in [2.05, 4.69) is 43.0 Å². The first kappa shape index (κ1) is 16.3. The topological polar surface area (TPSA) is 37.8 Å². The first-order chi connectivity index (χ1) is 9.20. The molecule has 0 amide bonds. The molecule has 0 atom stereocenters. The summed E-state index contributed by atoms with van der Waals surface area (Å²) in [6, 6.07) is 0. The van der Waals surface area contributed by atoms with Crippen LogP contribution in [0.3, 0.4) is 0 Å². The molecule has 0 bridgehead atoms. The standard InChI is InChI=1S/C15H27N3S/c1-5-7-8-10-19-15-13(12(3)4)14(16-9-6-2)17-11-18-15/h11-12H,5-10H2,1-4H3,(H,16,17,18). The van der Waals surface area contributed by atoms with Crippen LogP contribution in [0, 0.1) is 0 Å². The molecular weight excluding hydrogens is 254 g/mol. The summed E-state index contributed by atoms with van der Waals surface area (Å²) in [5.74, 6) is 2.62. The fourth-order valence-electron chi connectivity index (χ4n) is 1.92. The Morgan fingerprint density at radius 2 is 1.95 bits per heavy atom. The van der Waals surface area contributed by atoms with Gasteiger partial charge in [0.2, 0.25) is 0 Å². The van der Waals surface area contributed by atoms with Gasteiger partial charge < -0.3 is 5.32 Å². The Morgan fingerprint density at radius 1 is 1.16 bits per heavy atom. The highest BCUT2D eigenvalue weighted by molar-refractivity contribution is 7.99. The summed E-state index contributed by atoms with van der Waals surface area (Å²) in [7, 11) is 0. The molecule has 1 aromatic heterocycles. The monoisotopic (exact) mass is 281 g/mol. The van der Waals surface area contributed by atoms with Crippen LogP contribution in [0.2, 0.25) is 0 Å². The normalized spacial score (nSPS) is 11.0. The van der Waals surface area contributed by atoms with Crippen LogP contribution in [-0.4, -0.2) is 22.3 Å². The van der Waals surface area contributed by atoms with Crippen LogP contribution < -0.4 is 5.32 Å². The van der Waals surface area contributed by atoms with E-state index in [9.17, 15) is 0 Å². The highest BCUT2D eigenvalue weighted by atomic mass is 32.2. The highest BCUT2D eigenvalue weighted by Gasteiger charge is 2.14. The van der Waals surface area contributed by atoms with E-state index < -0.39 is 0 Å². The second-order valence-corrected chi connectivity index (χ2v) is 6.16. The third-order valence-electron chi connectivity index (χ3n) is 2.95. The van der Waals surface area contributed by atoms with Gasteiger partial charge in [-0.05, 0) is 24.5 Å². The summed E-state index contributed by atoms with van der Waals surface area (Å²) in [6.07, 6.45) is 6.63. The highest BCUT2D eigenvalue weighted by Crippen LogP contribution is 2.31. The molecule has 19 heavy (non-hydrogen) atoms. The average molecular weight is 281 g/mol. The SMILES string of the molecule is CCCCCSc1ncnc(NCCC)c1C(C)C. The van der Waals surface area contributed by atoms with Gasteiger partial charge in [0.05, 0.1) is 0 Å². The van der Waals surface area contributed by atoms with E-state index in [0.717, 1.165) is 29.6 Å². The second kappa shape index (κ2) is 9.18. The van der Waals surface area contributed by atoms with E-state index >= 15 is 0 Å². The number of hydrogen-bond acceptors (Lipinski definition) is 4. The van der Waals surface area contributed by atoms with E-state index in [4.69, 9.17) is 0 Å². The zero-order valence-electron chi connectivity index (χ0n) is 12.7. The Kier molecular flexibility index (Phi) is 7.87. The average Bonchev–Trinajstić information content (AvgIpc) is 2.41. The Balaban J connectivity index is 2.77. The third kappa shape index (κ3) is 5.39. The van der Waals surface area contributed by atoms with Gasteiger partial charge in [-0.1, -0.05) is 40.5 Å². The maximum atomic E-state index is 4.48. The van der Waals surface area contributed by atoms with Crippen LogP contribution in [0.5, 0.6) is 0 Å². The summed E-state index contributed by atoms with van der Waals surface area (Å²) < 4.78 is 0. The van der Waals surface area contributed by atoms with Crippen molar-refractivity contribution in [2.24, 2.45) is 0 Å². The molecular formula is C15H27N3S. The molecule has 0 unspecified atom stereocenters. The van der Waals surface area contributed by atoms with Crippen molar-refractivity contribution in [2.45, 2.75) is 64.3 Å². The Morgan fingerprint density at radius 3 is 2.58 bits per heavy atom. The molecule has 0 saturated carbocycles. The van der Waals surface area contributed by atoms with Crippen LogP contribution in [0.1, 0.15) is 64.9 Å². The third-order valence-corrected chi connectivity index (χ3v) is 4.05. The van der Waals surface area contributed by atoms with Crippen LogP contribution >= 0.6 is 11.8 Å². The fraction of sp³-hybridized carbons (Fsp3) is 0.733. The van der Waals surface area contributed by atoms with Crippen molar-refractivity contribution in [1.29, 1.82) is 0 Å². The quantitative estimate of drug-likeness (QED) is 0.404. The molecule has 1 heterocycles. The predicted molar refractivity (Wildman–Crippen MR) is 85.2 cm³/mol. The summed E-state index contributed by atoms with van der Waals surface area (Å²) in [4.78, 5) is 8.89. The molecule has 0 spiro atoms. The van der Waals surface area contributed by atoms with Crippen molar-refractivity contribution < 1.29 is 0 Å². The summed E-state index contributed by atoms with van der Waals surface area (Å²) in [5, 5.41) is 4.57. The molecule has 0 aliphatic carbocycles. The van der Waals surface area contributed by atoms with Gasteiger partial charge in [-0.15, -0.1) is 11.8 Å². The summed E-state index contributed by atoms with van der Waals surface area (Å²) in [6.45, 7) is 9.81. The molecule has 0 radical (unpaired) electrons. The van der Waals surface area contributed by atoms with E-state index in [1.165, 1.54) is 24.8 Å². The van der Waals surface area contributed by atoms with Crippen molar-refractivity contribution in [3.05, 3.63) is 11.9 Å². The Hall–Kier alpha value is -0.770. The summed E-state index contributed by atoms with van der Waals surface area (Å²) >= 11 is 1.87. The molecule has 108 valence electrons. The Bertz CT molecular complexity index is 366. The lowest BCUT2D eigenvalue weighted by Crippen LogP contribution is -2.08. The molecule has 4 heteroatoms.